The number of rotatable bonds is 5. The normalized spacial score (nSPS) is 23.6. The Morgan fingerprint density at radius 2 is 2.05 bits per heavy atom. The van der Waals surface area contributed by atoms with Gasteiger partial charge in [-0.15, -0.1) is 0 Å². The van der Waals surface area contributed by atoms with E-state index < -0.39 is 0 Å². The molecular weight excluding hydrogens is 268 g/mol. The van der Waals surface area contributed by atoms with Gasteiger partial charge in [-0.25, -0.2) is 0 Å². The maximum Gasteiger partial charge on any atom is 0.244 e. The molecule has 1 amide bonds. The molecule has 20 heavy (non-hydrogen) atoms. The highest BCUT2D eigenvalue weighted by atomic mass is 32.2. The van der Waals surface area contributed by atoms with E-state index in [4.69, 9.17) is 0 Å². The molecule has 0 aromatic heterocycles. The molecule has 1 N–H and O–H groups in total. The lowest BCUT2D eigenvalue weighted by Crippen LogP contribution is -2.33. The molecule has 108 valence electrons. The van der Waals surface area contributed by atoms with Crippen LogP contribution in [0, 0.1) is 0 Å². The highest BCUT2D eigenvalue weighted by molar-refractivity contribution is 7.98. The number of thioether (sulfide) groups is 1. The maximum atomic E-state index is 12.6. The third-order valence-corrected chi connectivity index (χ3v) is 4.98. The minimum absolute atomic E-state index is 0.0584. The minimum Gasteiger partial charge on any atom is -0.320 e. The van der Waals surface area contributed by atoms with Crippen molar-refractivity contribution in [2.45, 2.75) is 37.9 Å². The summed E-state index contributed by atoms with van der Waals surface area (Å²) >= 11 is 1.79. The molecule has 0 bridgehead atoms. The number of nitrogens with zero attached hydrogens (tertiary/aromatic N) is 1. The van der Waals surface area contributed by atoms with Gasteiger partial charge in [-0.1, -0.05) is 31.2 Å². The summed E-state index contributed by atoms with van der Waals surface area (Å²) in [7, 11) is 0. The van der Waals surface area contributed by atoms with Gasteiger partial charge in [0.2, 0.25) is 5.91 Å². The van der Waals surface area contributed by atoms with Gasteiger partial charge in [-0.05, 0) is 36.6 Å². The molecule has 1 aromatic rings. The van der Waals surface area contributed by atoms with Crippen molar-refractivity contribution in [3.63, 3.8) is 0 Å². The summed E-state index contributed by atoms with van der Waals surface area (Å²) in [5.74, 6) is 1.30. The van der Waals surface area contributed by atoms with E-state index in [1.165, 1.54) is 11.1 Å². The van der Waals surface area contributed by atoms with E-state index in [9.17, 15) is 4.79 Å². The number of carbonyl (C=O) groups is 1. The second-order valence-corrected chi connectivity index (χ2v) is 6.70. The standard InChI is InChI=1S/C16H22N2OS/c1-3-12-4-6-13(7-5-12)14-17-16(8-9-16)15(19)18(14)10-11-20-2/h4-7,14,17H,3,8-11H2,1-2H3. The lowest BCUT2D eigenvalue weighted by molar-refractivity contribution is -0.130. The number of amides is 1. The highest BCUT2D eigenvalue weighted by Gasteiger charge is 2.59. The first-order chi connectivity index (χ1) is 9.70. The van der Waals surface area contributed by atoms with Crippen molar-refractivity contribution < 1.29 is 4.79 Å². The molecule has 2 aliphatic rings. The predicted molar refractivity (Wildman–Crippen MR) is 83.8 cm³/mol. The first kappa shape index (κ1) is 14.0. The predicted octanol–water partition coefficient (Wildman–Crippen LogP) is 2.58. The second kappa shape index (κ2) is 5.41. The van der Waals surface area contributed by atoms with Crippen LogP contribution in [0.4, 0.5) is 0 Å². The van der Waals surface area contributed by atoms with Crippen molar-refractivity contribution >= 4 is 17.7 Å². The zero-order chi connectivity index (χ0) is 14.2. The molecular formula is C16H22N2OS. The Morgan fingerprint density at radius 1 is 1.35 bits per heavy atom. The van der Waals surface area contributed by atoms with Gasteiger partial charge >= 0.3 is 0 Å². The van der Waals surface area contributed by atoms with E-state index in [1.807, 2.05) is 4.90 Å². The molecule has 3 rings (SSSR count). The summed E-state index contributed by atoms with van der Waals surface area (Å²) in [6.07, 6.45) is 5.18. The Kier molecular flexibility index (Phi) is 3.78. The van der Waals surface area contributed by atoms with Crippen molar-refractivity contribution in [3.05, 3.63) is 35.4 Å². The van der Waals surface area contributed by atoms with Gasteiger partial charge in [0.1, 0.15) is 11.7 Å². The quantitative estimate of drug-likeness (QED) is 0.904. The van der Waals surface area contributed by atoms with Gasteiger partial charge < -0.3 is 4.90 Å². The third-order valence-electron chi connectivity index (χ3n) is 4.38. The summed E-state index contributed by atoms with van der Waals surface area (Å²) in [5.41, 5.74) is 2.32. The summed E-state index contributed by atoms with van der Waals surface area (Å²) in [6, 6.07) is 8.67. The van der Waals surface area contributed by atoms with Crippen LogP contribution in [-0.2, 0) is 11.2 Å². The molecule has 1 spiro atoms. The fourth-order valence-electron chi connectivity index (χ4n) is 2.90. The van der Waals surface area contributed by atoms with Crippen molar-refractivity contribution in [1.29, 1.82) is 0 Å². The van der Waals surface area contributed by atoms with Crippen molar-refractivity contribution in [1.82, 2.24) is 10.2 Å². The molecule has 1 aromatic carbocycles. The minimum atomic E-state index is -0.230. The first-order valence-corrected chi connectivity index (χ1v) is 8.76. The summed E-state index contributed by atoms with van der Waals surface area (Å²) in [6.45, 7) is 2.99. The Hall–Kier alpha value is -1.00. The average molecular weight is 290 g/mol. The zero-order valence-corrected chi connectivity index (χ0v) is 13.0. The van der Waals surface area contributed by atoms with Crippen LogP contribution in [0.2, 0.25) is 0 Å². The van der Waals surface area contributed by atoms with Gasteiger partial charge in [0, 0.05) is 12.3 Å². The molecule has 1 aliphatic heterocycles. The van der Waals surface area contributed by atoms with E-state index >= 15 is 0 Å². The molecule has 1 unspecified atom stereocenters. The number of benzene rings is 1. The van der Waals surface area contributed by atoms with Crippen LogP contribution in [0.25, 0.3) is 0 Å². The molecule has 1 aliphatic carbocycles. The molecule has 1 saturated carbocycles. The molecule has 1 heterocycles. The van der Waals surface area contributed by atoms with Crippen LogP contribution >= 0.6 is 11.8 Å². The lowest BCUT2D eigenvalue weighted by Gasteiger charge is -2.24. The van der Waals surface area contributed by atoms with Crippen LogP contribution in [0.1, 0.15) is 37.1 Å². The third kappa shape index (κ3) is 2.35. The summed E-state index contributed by atoms with van der Waals surface area (Å²) < 4.78 is 0. The first-order valence-electron chi connectivity index (χ1n) is 7.37. The topological polar surface area (TPSA) is 32.3 Å². The zero-order valence-electron chi connectivity index (χ0n) is 12.2. The molecule has 1 saturated heterocycles. The smallest absolute Gasteiger partial charge is 0.244 e. The second-order valence-electron chi connectivity index (χ2n) is 5.72. The number of aryl methyl sites for hydroxylation is 1. The Balaban J connectivity index is 1.83. The van der Waals surface area contributed by atoms with Crippen molar-refractivity contribution in [3.8, 4) is 0 Å². The largest absolute Gasteiger partial charge is 0.320 e. The molecule has 1 atom stereocenters. The van der Waals surface area contributed by atoms with E-state index in [2.05, 4.69) is 42.8 Å². The number of hydrogen-bond acceptors (Lipinski definition) is 3. The van der Waals surface area contributed by atoms with Crippen LogP contribution in [0.15, 0.2) is 24.3 Å². The molecule has 3 nitrogen and oxygen atoms in total. The maximum absolute atomic E-state index is 12.6. The number of carbonyl (C=O) groups excluding carboxylic acids is 1. The lowest BCUT2D eigenvalue weighted by atomic mass is 10.1. The monoisotopic (exact) mass is 290 g/mol. The SMILES string of the molecule is CCc1ccc(C2NC3(CC3)C(=O)N2CCSC)cc1. The Morgan fingerprint density at radius 3 is 2.60 bits per heavy atom. The number of nitrogens with one attached hydrogen (secondary N) is 1. The van der Waals surface area contributed by atoms with Gasteiger partial charge in [0.25, 0.3) is 0 Å². The van der Waals surface area contributed by atoms with Crippen LogP contribution in [-0.4, -0.2) is 34.9 Å². The average Bonchev–Trinajstić information content (AvgIpc) is 3.21. The fraction of sp³-hybridized carbons (Fsp3) is 0.562. The van der Waals surface area contributed by atoms with E-state index in [-0.39, 0.29) is 11.7 Å². The van der Waals surface area contributed by atoms with Gasteiger partial charge in [0.05, 0.1) is 0 Å². The van der Waals surface area contributed by atoms with Crippen molar-refractivity contribution in [2.24, 2.45) is 0 Å². The number of hydrogen-bond donors (Lipinski definition) is 1. The molecule has 0 radical (unpaired) electrons. The van der Waals surface area contributed by atoms with Gasteiger partial charge in [0.15, 0.2) is 0 Å². The summed E-state index contributed by atoms with van der Waals surface area (Å²) in [4.78, 5) is 14.6. The summed E-state index contributed by atoms with van der Waals surface area (Å²) in [5, 5.41) is 3.57. The molecule has 4 heteroatoms. The van der Waals surface area contributed by atoms with Crippen LogP contribution in [0.5, 0.6) is 0 Å². The van der Waals surface area contributed by atoms with E-state index in [0.717, 1.165) is 31.6 Å². The van der Waals surface area contributed by atoms with Gasteiger partial charge in [-0.2, -0.15) is 11.8 Å². The Labute approximate surface area is 125 Å². The van der Waals surface area contributed by atoms with Crippen LogP contribution in [0.3, 0.4) is 0 Å². The van der Waals surface area contributed by atoms with E-state index in [0.29, 0.717) is 5.91 Å². The van der Waals surface area contributed by atoms with Crippen molar-refractivity contribution in [2.75, 3.05) is 18.6 Å². The van der Waals surface area contributed by atoms with E-state index in [1.54, 1.807) is 11.8 Å². The molecule has 2 fully saturated rings. The fourth-order valence-corrected chi connectivity index (χ4v) is 3.28. The Bertz CT molecular complexity index is 496. The van der Waals surface area contributed by atoms with Gasteiger partial charge in [-0.3, -0.25) is 10.1 Å². The van der Waals surface area contributed by atoms with Crippen LogP contribution < -0.4 is 5.32 Å². The highest BCUT2D eigenvalue weighted by Crippen LogP contribution is 2.45.